The predicted molar refractivity (Wildman–Crippen MR) is 126 cm³/mol. The summed E-state index contributed by atoms with van der Waals surface area (Å²) >= 11 is 0. The van der Waals surface area contributed by atoms with Gasteiger partial charge in [0.2, 0.25) is 0 Å². The zero-order chi connectivity index (χ0) is 20.1. The van der Waals surface area contributed by atoms with Crippen LogP contribution in [0, 0.1) is 36.3 Å². The van der Waals surface area contributed by atoms with Crippen molar-refractivity contribution in [3.05, 3.63) is 78.7 Å². The summed E-state index contributed by atoms with van der Waals surface area (Å²) in [4.78, 5) is 2.17. The van der Waals surface area contributed by atoms with Gasteiger partial charge in [-0.3, -0.25) is 0 Å². The van der Waals surface area contributed by atoms with Crippen molar-refractivity contribution in [1.29, 1.82) is 0 Å². The van der Waals surface area contributed by atoms with Crippen molar-refractivity contribution < 1.29 is 1.43 Å². The molecule has 0 unspecified atom stereocenters. The Labute approximate surface area is 193 Å². The fourth-order valence-corrected chi connectivity index (χ4v) is 3.01. The maximum atomic E-state index is 3.21. The van der Waals surface area contributed by atoms with E-state index in [9.17, 15) is 0 Å². The van der Waals surface area contributed by atoms with Crippen LogP contribution in [0.3, 0.4) is 0 Å². The Kier molecular flexibility index (Phi) is 15.6. The molecular weight excluding hydrogens is 445 g/mol. The Bertz CT molecular complexity index is 539. The minimum absolute atomic E-state index is 0. The standard InChI is InChI=1S/C10H14N.C10H19.C6H5.Sn.H2/c1-9(11(2)3)10-7-5-4-6-8-10;1-8(2)10-6-4-9(3)5-7-10;1-2-4-6-5-3-1;;/h4-7,9H,1-3H3;6,8-10H,4-5,7H2,1-3H3;1-5H;;1H/t9-;9-,10-;;;/m00.../s1. The van der Waals surface area contributed by atoms with Crippen molar-refractivity contribution >= 4 is 23.9 Å². The Morgan fingerprint density at radius 1 is 0.964 bits per heavy atom. The van der Waals surface area contributed by atoms with E-state index in [4.69, 9.17) is 0 Å². The Balaban J connectivity index is 0. The minimum Gasteiger partial charge on any atom is -0.303 e. The molecule has 1 aliphatic carbocycles. The molecule has 7 radical (unpaired) electrons. The SMILES string of the molecule is CC(C)[C@H]1[CH]C[C@H](C)CC1.C[C@@H](c1[c]cccc1)N(C)C.[HH].[Sn].[c]1ccccc1. The molecule has 0 amide bonds. The molecule has 0 heterocycles. The van der Waals surface area contributed by atoms with Crippen molar-refractivity contribution in [1.82, 2.24) is 4.90 Å². The molecule has 0 aromatic heterocycles. The van der Waals surface area contributed by atoms with E-state index in [2.05, 4.69) is 71.3 Å². The minimum atomic E-state index is 0. The third-order valence-electron chi connectivity index (χ3n) is 5.26. The van der Waals surface area contributed by atoms with Crippen LogP contribution >= 0.6 is 0 Å². The van der Waals surface area contributed by atoms with E-state index >= 15 is 0 Å². The Hall–Kier alpha value is -0.801. The molecule has 2 aromatic rings. The number of hydrogen-bond acceptors (Lipinski definition) is 1. The van der Waals surface area contributed by atoms with Crippen molar-refractivity contribution in [3.8, 4) is 0 Å². The van der Waals surface area contributed by atoms with E-state index in [1.807, 2.05) is 48.5 Å². The van der Waals surface area contributed by atoms with Crippen LogP contribution in [-0.2, 0) is 0 Å². The van der Waals surface area contributed by atoms with Gasteiger partial charge in [0, 0.05) is 31.4 Å². The first-order chi connectivity index (χ1) is 12.9. The first-order valence-electron chi connectivity index (χ1n) is 10.3. The van der Waals surface area contributed by atoms with Gasteiger partial charge in [-0.15, -0.1) is 0 Å². The first kappa shape index (κ1) is 27.2. The van der Waals surface area contributed by atoms with E-state index < -0.39 is 0 Å². The molecular formula is C26H40NSn. The predicted octanol–water partition coefficient (Wildman–Crippen LogP) is 6.74. The summed E-state index contributed by atoms with van der Waals surface area (Å²) in [5, 5.41) is 0. The van der Waals surface area contributed by atoms with E-state index in [1.54, 1.807) is 0 Å². The molecule has 1 saturated carbocycles. The molecule has 1 nitrogen and oxygen atoms in total. The van der Waals surface area contributed by atoms with Gasteiger partial charge in [0.15, 0.2) is 0 Å². The van der Waals surface area contributed by atoms with Gasteiger partial charge in [0.25, 0.3) is 0 Å². The van der Waals surface area contributed by atoms with Crippen LogP contribution in [0.4, 0.5) is 0 Å². The third kappa shape index (κ3) is 11.9. The number of benzene rings is 2. The van der Waals surface area contributed by atoms with Gasteiger partial charge in [0.1, 0.15) is 0 Å². The molecule has 0 N–H and O–H groups in total. The number of rotatable bonds is 3. The van der Waals surface area contributed by atoms with Gasteiger partial charge in [-0.25, -0.2) is 0 Å². The maximum Gasteiger partial charge on any atom is 0.0319 e. The zero-order valence-corrected chi connectivity index (χ0v) is 21.5. The second kappa shape index (κ2) is 16.0. The molecule has 3 atom stereocenters. The van der Waals surface area contributed by atoms with Crippen LogP contribution in [0.25, 0.3) is 0 Å². The van der Waals surface area contributed by atoms with Gasteiger partial charge >= 0.3 is 0 Å². The summed E-state index contributed by atoms with van der Waals surface area (Å²) in [5.41, 5.74) is 1.25. The molecule has 2 aromatic carbocycles. The average Bonchev–Trinajstić information content (AvgIpc) is 2.70. The van der Waals surface area contributed by atoms with Gasteiger partial charge < -0.3 is 4.90 Å². The second-order valence-corrected chi connectivity index (χ2v) is 8.10. The number of hydrogen-bond donors (Lipinski definition) is 0. The molecule has 28 heavy (non-hydrogen) atoms. The van der Waals surface area contributed by atoms with Gasteiger partial charge in [0.05, 0.1) is 0 Å². The molecule has 2 heteroatoms. The molecule has 1 fully saturated rings. The van der Waals surface area contributed by atoms with Crippen LogP contribution < -0.4 is 0 Å². The van der Waals surface area contributed by atoms with E-state index in [0.29, 0.717) is 6.04 Å². The normalized spacial score (nSPS) is 19.4. The summed E-state index contributed by atoms with van der Waals surface area (Å²) < 4.78 is 0. The second-order valence-electron chi connectivity index (χ2n) is 8.10. The summed E-state index contributed by atoms with van der Waals surface area (Å²) in [7, 11) is 4.15. The van der Waals surface area contributed by atoms with Crippen LogP contribution in [0.15, 0.2) is 54.6 Å². The Morgan fingerprint density at radius 2 is 1.61 bits per heavy atom. The third-order valence-corrected chi connectivity index (χ3v) is 5.26. The summed E-state index contributed by atoms with van der Waals surface area (Å²) in [6, 6.07) is 24.3. The first-order valence-corrected chi connectivity index (χ1v) is 10.3. The molecule has 0 aliphatic heterocycles. The fourth-order valence-electron chi connectivity index (χ4n) is 3.01. The molecule has 0 spiro atoms. The smallest absolute Gasteiger partial charge is 0.0319 e. The van der Waals surface area contributed by atoms with Crippen LogP contribution in [0.2, 0.25) is 0 Å². The molecule has 3 rings (SSSR count). The molecule has 153 valence electrons. The molecule has 0 saturated heterocycles. The van der Waals surface area contributed by atoms with Gasteiger partial charge in [-0.2, -0.15) is 0 Å². The van der Waals surface area contributed by atoms with Crippen LogP contribution in [-0.4, -0.2) is 42.9 Å². The van der Waals surface area contributed by atoms with E-state index in [0.717, 1.165) is 17.8 Å². The van der Waals surface area contributed by atoms with E-state index in [1.165, 1.54) is 24.8 Å². The molecule has 1 aliphatic rings. The fraction of sp³-hybridized carbons (Fsp3) is 0.500. The van der Waals surface area contributed by atoms with Crippen molar-refractivity contribution in [3.63, 3.8) is 0 Å². The van der Waals surface area contributed by atoms with Gasteiger partial charge in [-0.05, 0) is 75.7 Å². The van der Waals surface area contributed by atoms with Crippen LogP contribution in [0.1, 0.15) is 60.0 Å². The number of nitrogens with zero attached hydrogens (tertiary/aromatic N) is 1. The summed E-state index contributed by atoms with van der Waals surface area (Å²) in [5.74, 6) is 2.73. The maximum absolute atomic E-state index is 3.21. The summed E-state index contributed by atoms with van der Waals surface area (Å²) in [6.45, 7) is 9.19. The Morgan fingerprint density at radius 3 is 1.96 bits per heavy atom. The van der Waals surface area contributed by atoms with Gasteiger partial charge in [-0.1, -0.05) is 81.8 Å². The van der Waals surface area contributed by atoms with E-state index in [-0.39, 0.29) is 25.3 Å². The average molecular weight is 485 g/mol. The van der Waals surface area contributed by atoms with Crippen LogP contribution in [0.5, 0.6) is 0 Å². The summed E-state index contributed by atoms with van der Waals surface area (Å²) in [6.07, 6.45) is 6.75. The largest absolute Gasteiger partial charge is 0.303 e. The van der Waals surface area contributed by atoms with Crippen molar-refractivity contribution in [2.75, 3.05) is 14.1 Å². The topological polar surface area (TPSA) is 3.24 Å². The zero-order valence-electron chi connectivity index (χ0n) is 18.7. The van der Waals surface area contributed by atoms with Crippen molar-refractivity contribution in [2.45, 2.75) is 53.0 Å². The monoisotopic (exact) mass is 486 g/mol. The van der Waals surface area contributed by atoms with Crippen molar-refractivity contribution in [2.24, 2.45) is 17.8 Å². The quantitative estimate of drug-likeness (QED) is 0.435. The molecule has 0 bridgehead atoms.